The zero-order valence-electron chi connectivity index (χ0n) is 21.5. The van der Waals surface area contributed by atoms with Crippen LogP contribution in [-0.2, 0) is 14.4 Å². The molecule has 2 N–H and O–H groups in total. The van der Waals surface area contributed by atoms with Gasteiger partial charge in [-0.1, -0.05) is 35.9 Å². The van der Waals surface area contributed by atoms with E-state index < -0.39 is 23.6 Å². The highest BCUT2D eigenvalue weighted by Gasteiger charge is 2.36. The molecule has 1 aliphatic rings. The van der Waals surface area contributed by atoms with Crippen molar-refractivity contribution in [3.63, 3.8) is 0 Å². The van der Waals surface area contributed by atoms with Crippen molar-refractivity contribution in [1.29, 1.82) is 0 Å². The summed E-state index contributed by atoms with van der Waals surface area (Å²) in [6.45, 7) is 5.21. The molecule has 10 heteroatoms. The van der Waals surface area contributed by atoms with Crippen molar-refractivity contribution in [1.82, 2.24) is 4.90 Å². The Morgan fingerprint density at radius 3 is 2.33 bits per heavy atom. The highest BCUT2D eigenvalue weighted by Crippen LogP contribution is 2.32. The summed E-state index contributed by atoms with van der Waals surface area (Å²) < 4.78 is 5.56. The number of carbonyl (C=O) groups is 4. The lowest BCUT2D eigenvalue weighted by Crippen LogP contribution is -2.36. The Balaban J connectivity index is 1.31. The van der Waals surface area contributed by atoms with Crippen LogP contribution < -0.4 is 15.4 Å². The maximum Gasteiger partial charge on any atom is 0.294 e. The van der Waals surface area contributed by atoms with E-state index in [4.69, 9.17) is 16.3 Å². The molecule has 39 heavy (non-hydrogen) atoms. The van der Waals surface area contributed by atoms with Crippen LogP contribution in [0.3, 0.4) is 0 Å². The number of carbonyl (C=O) groups excluding carboxylic acids is 4. The maximum atomic E-state index is 12.8. The van der Waals surface area contributed by atoms with Crippen LogP contribution in [0.2, 0.25) is 5.02 Å². The first-order valence-electron chi connectivity index (χ1n) is 12.0. The number of imide groups is 1. The van der Waals surface area contributed by atoms with Crippen molar-refractivity contribution in [3.05, 3.63) is 92.8 Å². The van der Waals surface area contributed by atoms with Gasteiger partial charge in [0, 0.05) is 16.4 Å². The van der Waals surface area contributed by atoms with Crippen molar-refractivity contribution in [2.75, 3.05) is 23.8 Å². The van der Waals surface area contributed by atoms with Gasteiger partial charge in [0.1, 0.15) is 12.3 Å². The summed E-state index contributed by atoms with van der Waals surface area (Å²) in [4.78, 5) is 51.1. The van der Waals surface area contributed by atoms with Crippen LogP contribution in [0, 0.1) is 20.8 Å². The quantitative estimate of drug-likeness (QED) is 0.328. The molecule has 0 spiro atoms. The molecule has 0 saturated carbocycles. The van der Waals surface area contributed by atoms with Crippen LogP contribution in [0.4, 0.5) is 16.2 Å². The van der Waals surface area contributed by atoms with E-state index in [1.54, 1.807) is 48.5 Å². The van der Waals surface area contributed by atoms with Gasteiger partial charge in [-0.05, 0) is 97.3 Å². The minimum absolute atomic E-state index is 0.165. The third-order valence-corrected chi connectivity index (χ3v) is 7.13. The molecule has 0 unspecified atom stereocenters. The zero-order chi connectivity index (χ0) is 28.1. The number of benzene rings is 3. The van der Waals surface area contributed by atoms with Crippen molar-refractivity contribution < 1.29 is 23.9 Å². The average molecular weight is 564 g/mol. The highest BCUT2D eigenvalue weighted by molar-refractivity contribution is 8.18. The zero-order valence-corrected chi connectivity index (χ0v) is 23.1. The first kappa shape index (κ1) is 27.9. The molecule has 0 aromatic heterocycles. The molecule has 1 fully saturated rings. The van der Waals surface area contributed by atoms with Crippen LogP contribution >= 0.6 is 23.4 Å². The molecule has 3 aromatic carbocycles. The SMILES string of the molecule is Cc1ccc(NC(=O)COc2ccc(/C=C3\SC(=O)N(CC(=O)Nc4cc(Cl)ccc4C)C3=O)cc2)cc1C. The average Bonchev–Trinajstić information content (AvgIpc) is 3.15. The lowest BCUT2D eigenvalue weighted by Gasteiger charge is -2.13. The Hall–Kier alpha value is -4.08. The number of aryl methyl sites for hydroxylation is 3. The lowest BCUT2D eigenvalue weighted by atomic mass is 10.1. The maximum absolute atomic E-state index is 12.8. The molecule has 1 saturated heterocycles. The summed E-state index contributed by atoms with van der Waals surface area (Å²) in [6, 6.07) is 17.5. The largest absolute Gasteiger partial charge is 0.484 e. The van der Waals surface area contributed by atoms with E-state index in [0.29, 0.717) is 27.7 Å². The van der Waals surface area contributed by atoms with Crippen LogP contribution in [0.5, 0.6) is 5.75 Å². The van der Waals surface area contributed by atoms with E-state index in [0.717, 1.165) is 33.4 Å². The second kappa shape index (κ2) is 12.2. The van der Waals surface area contributed by atoms with Crippen LogP contribution in [0.1, 0.15) is 22.3 Å². The molecule has 200 valence electrons. The molecule has 3 aromatic rings. The van der Waals surface area contributed by atoms with Gasteiger partial charge in [-0.15, -0.1) is 0 Å². The molecule has 0 bridgehead atoms. The van der Waals surface area contributed by atoms with E-state index in [2.05, 4.69) is 10.6 Å². The van der Waals surface area contributed by atoms with Crippen LogP contribution in [0.25, 0.3) is 6.08 Å². The monoisotopic (exact) mass is 563 g/mol. The number of halogens is 1. The topological polar surface area (TPSA) is 105 Å². The minimum Gasteiger partial charge on any atom is -0.484 e. The van der Waals surface area contributed by atoms with Gasteiger partial charge in [-0.3, -0.25) is 24.1 Å². The summed E-state index contributed by atoms with van der Waals surface area (Å²) in [5, 5.41) is 5.42. The fraction of sp³-hybridized carbons (Fsp3) is 0.172. The normalized spacial score (nSPS) is 14.1. The highest BCUT2D eigenvalue weighted by atomic mass is 35.5. The molecule has 0 atom stereocenters. The molecule has 0 radical (unpaired) electrons. The van der Waals surface area contributed by atoms with Crippen LogP contribution in [0.15, 0.2) is 65.6 Å². The van der Waals surface area contributed by atoms with Gasteiger partial charge >= 0.3 is 0 Å². The number of nitrogens with zero attached hydrogens (tertiary/aromatic N) is 1. The van der Waals surface area contributed by atoms with Crippen molar-refractivity contribution in [2.24, 2.45) is 0 Å². The molecule has 8 nitrogen and oxygen atoms in total. The van der Waals surface area contributed by atoms with Gasteiger partial charge < -0.3 is 15.4 Å². The number of rotatable bonds is 8. The number of thioether (sulfide) groups is 1. The van der Waals surface area contributed by atoms with Gasteiger partial charge in [0.15, 0.2) is 6.61 Å². The summed E-state index contributed by atoms with van der Waals surface area (Å²) in [5.74, 6) is -0.868. The molecule has 0 aliphatic carbocycles. The van der Waals surface area contributed by atoms with E-state index in [9.17, 15) is 19.2 Å². The Morgan fingerprint density at radius 1 is 0.897 bits per heavy atom. The third kappa shape index (κ3) is 7.28. The summed E-state index contributed by atoms with van der Waals surface area (Å²) >= 11 is 6.75. The Labute approximate surface area is 235 Å². The molecule has 1 heterocycles. The Morgan fingerprint density at radius 2 is 1.62 bits per heavy atom. The van der Waals surface area contributed by atoms with E-state index in [-0.39, 0.29) is 17.4 Å². The standard InChI is InChI=1S/C29H26ClN3O5S/c1-17-5-9-22(12-19(17)3)31-27(35)16-38-23-10-6-20(7-11-23)13-25-28(36)33(29(37)39-25)15-26(34)32-24-14-21(30)8-4-18(24)2/h4-14H,15-16H2,1-3H3,(H,31,35)(H,32,34)/b25-13-. The van der Waals surface area contributed by atoms with Crippen molar-refractivity contribution >= 4 is 63.8 Å². The predicted molar refractivity (Wildman–Crippen MR) is 154 cm³/mol. The first-order valence-corrected chi connectivity index (χ1v) is 13.2. The second-order valence-electron chi connectivity index (χ2n) is 8.98. The number of anilines is 2. The Kier molecular flexibility index (Phi) is 8.73. The second-order valence-corrected chi connectivity index (χ2v) is 10.4. The number of amides is 4. The number of hydrogen-bond donors (Lipinski definition) is 2. The number of ether oxygens (including phenoxy) is 1. The molecule has 1 aliphatic heterocycles. The summed E-state index contributed by atoms with van der Waals surface area (Å²) in [5.41, 5.74) is 4.90. The summed E-state index contributed by atoms with van der Waals surface area (Å²) in [7, 11) is 0. The van der Waals surface area contributed by atoms with Crippen molar-refractivity contribution in [3.8, 4) is 5.75 Å². The molecular weight excluding hydrogens is 538 g/mol. The van der Waals surface area contributed by atoms with Gasteiger partial charge in [0.2, 0.25) is 5.91 Å². The van der Waals surface area contributed by atoms with Gasteiger partial charge in [-0.25, -0.2) is 0 Å². The number of nitrogens with one attached hydrogen (secondary N) is 2. The van der Waals surface area contributed by atoms with Gasteiger partial charge in [-0.2, -0.15) is 0 Å². The third-order valence-electron chi connectivity index (χ3n) is 5.99. The smallest absolute Gasteiger partial charge is 0.294 e. The van der Waals surface area contributed by atoms with E-state index in [1.165, 1.54) is 0 Å². The summed E-state index contributed by atoms with van der Waals surface area (Å²) in [6.07, 6.45) is 1.57. The first-order chi connectivity index (χ1) is 18.6. The fourth-order valence-electron chi connectivity index (χ4n) is 3.68. The molecule has 4 amide bonds. The number of hydrogen-bond acceptors (Lipinski definition) is 6. The van der Waals surface area contributed by atoms with E-state index >= 15 is 0 Å². The lowest BCUT2D eigenvalue weighted by molar-refractivity contribution is -0.127. The van der Waals surface area contributed by atoms with Crippen molar-refractivity contribution in [2.45, 2.75) is 20.8 Å². The predicted octanol–water partition coefficient (Wildman–Crippen LogP) is 5.96. The van der Waals surface area contributed by atoms with E-state index in [1.807, 2.05) is 39.0 Å². The van der Waals surface area contributed by atoms with Gasteiger partial charge in [0.05, 0.1) is 4.91 Å². The Bertz CT molecular complexity index is 1490. The molecular formula is C29H26ClN3O5S. The molecule has 4 rings (SSSR count). The van der Waals surface area contributed by atoms with Gasteiger partial charge in [0.25, 0.3) is 17.1 Å². The fourth-order valence-corrected chi connectivity index (χ4v) is 4.69. The minimum atomic E-state index is -0.550. The van der Waals surface area contributed by atoms with Crippen LogP contribution in [-0.4, -0.2) is 41.0 Å².